The van der Waals surface area contributed by atoms with E-state index in [0.717, 1.165) is 16.1 Å². The number of anilines is 1. The van der Waals surface area contributed by atoms with E-state index in [2.05, 4.69) is 9.97 Å². The van der Waals surface area contributed by atoms with Crippen LogP contribution < -0.4 is 10.0 Å². The van der Waals surface area contributed by atoms with Crippen LogP contribution in [-0.2, 0) is 10.0 Å². The quantitative estimate of drug-likeness (QED) is 0.296. The predicted molar refractivity (Wildman–Crippen MR) is 128 cm³/mol. The summed E-state index contributed by atoms with van der Waals surface area (Å²) in [5.74, 6) is -0.541. The Labute approximate surface area is 194 Å². The van der Waals surface area contributed by atoms with Crippen LogP contribution in [0.25, 0.3) is 11.6 Å². The van der Waals surface area contributed by atoms with E-state index in [9.17, 15) is 23.0 Å². The number of halogens is 1. The van der Waals surface area contributed by atoms with Crippen molar-refractivity contribution < 1.29 is 23.0 Å². The molecule has 1 heterocycles. The number of aliphatic hydroxyl groups excluding tert-OH is 2. The van der Waals surface area contributed by atoms with Gasteiger partial charge in [0.25, 0.3) is 0 Å². The number of sulfonamides is 1. The van der Waals surface area contributed by atoms with Gasteiger partial charge in [0.1, 0.15) is 5.83 Å². The summed E-state index contributed by atoms with van der Waals surface area (Å²) in [6, 6.07) is 0. The maximum Gasteiger partial charge on any atom is 0.239 e. The first-order valence-electron chi connectivity index (χ1n) is 10.6. The topological polar surface area (TPSA) is 153 Å². The highest BCUT2D eigenvalue weighted by Crippen LogP contribution is 2.33. The zero-order valence-electron chi connectivity index (χ0n) is 19.3. The average Bonchev–Trinajstić information content (AvgIpc) is 2.70. The van der Waals surface area contributed by atoms with Crippen molar-refractivity contribution in [2.45, 2.75) is 57.7 Å². The fourth-order valence-electron chi connectivity index (χ4n) is 3.32. The van der Waals surface area contributed by atoms with Crippen molar-refractivity contribution in [3.05, 3.63) is 41.0 Å². The van der Waals surface area contributed by atoms with E-state index in [4.69, 9.17) is 11.1 Å². The lowest BCUT2D eigenvalue weighted by Crippen LogP contribution is -2.28. The zero-order chi connectivity index (χ0) is 24.9. The van der Waals surface area contributed by atoms with Gasteiger partial charge in [0.15, 0.2) is 0 Å². The molecular weight excluding hydrogens is 449 g/mol. The summed E-state index contributed by atoms with van der Waals surface area (Å²) >= 11 is 0. The first-order chi connectivity index (χ1) is 15.3. The van der Waals surface area contributed by atoms with Crippen LogP contribution in [0.3, 0.4) is 0 Å². The van der Waals surface area contributed by atoms with Gasteiger partial charge in [0.2, 0.25) is 16.0 Å². The Hall–Kier alpha value is -2.63. The van der Waals surface area contributed by atoms with Crippen LogP contribution in [-0.4, -0.2) is 59.9 Å². The number of nitrogens with one attached hydrogen (secondary N) is 1. The summed E-state index contributed by atoms with van der Waals surface area (Å²) < 4.78 is 38.8. The summed E-state index contributed by atoms with van der Waals surface area (Å²) in [7, 11) is -2.25. The number of rotatable bonds is 10. The minimum absolute atomic E-state index is 0.00158. The molecule has 1 aromatic rings. The molecule has 0 aliphatic heterocycles. The van der Waals surface area contributed by atoms with E-state index in [1.54, 1.807) is 12.2 Å². The Kier molecular flexibility index (Phi) is 8.87. The Balaban J connectivity index is 2.58. The smallest absolute Gasteiger partial charge is 0.239 e. The molecule has 182 valence electrons. The molecule has 0 radical (unpaired) electrons. The van der Waals surface area contributed by atoms with E-state index >= 15 is 0 Å². The molecule has 0 fully saturated rings. The number of nitrogens with zero attached hydrogens (tertiary/aromatic N) is 3. The normalized spacial score (nSPS) is 16.5. The number of nitrogens with two attached hydrogens (primary N) is 1. The highest BCUT2D eigenvalue weighted by molar-refractivity contribution is 7.92. The lowest BCUT2D eigenvalue weighted by atomic mass is 9.93. The van der Waals surface area contributed by atoms with Gasteiger partial charge < -0.3 is 15.9 Å². The Morgan fingerprint density at radius 3 is 2.48 bits per heavy atom. The minimum Gasteiger partial charge on any atom is -0.393 e. The molecule has 5 N–H and O–H groups in total. The SMILES string of the molecule is CC(C)c1nc(N(C)S(C)(=O)=O)nc(C2=CC=C(F)CC2)c1/C=C/[C@@H](O)CC(O)CC(=N)N. The maximum absolute atomic E-state index is 13.6. The second kappa shape index (κ2) is 11.0. The molecule has 1 aliphatic carbocycles. The molecule has 1 aliphatic rings. The van der Waals surface area contributed by atoms with Crippen molar-refractivity contribution in [1.29, 1.82) is 5.41 Å². The summed E-state index contributed by atoms with van der Waals surface area (Å²) in [6.45, 7) is 3.80. The molecule has 11 heteroatoms. The second-order valence-electron chi connectivity index (χ2n) is 8.41. The standard InChI is InChI=1S/C22H32FN5O4S/c1-13(2)20-18(10-9-16(29)11-17(30)12-19(24)25)21(14-5-7-15(23)8-6-14)27-22(26-20)28(3)33(4,31)32/h5,7,9-10,13,16-17,29-30H,6,8,11-12H2,1-4H3,(H3,24,25)/b10-9+/t16-,17?/m1/s1. The Morgan fingerprint density at radius 1 is 1.30 bits per heavy atom. The zero-order valence-corrected chi connectivity index (χ0v) is 20.1. The fraction of sp³-hybridized carbons (Fsp3) is 0.500. The molecule has 2 atom stereocenters. The first-order valence-corrected chi connectivity index (χ1v) is 12.4. The Bertz CT molecular complexity index is 1080. The number of hydrogen-bond donors (Lipinski definition) is 4. The van der Waals surface area contributed by atoms with Gasteiger partial charge in [-0.15, -0.1) is 0 Å². The van der Waals surface area contributed by atoms with Crippen molar-refractivity contribution in [2.75, 3.05) is 17.6 Å². The van der Waals surface area contributed by atoms with Crippen molar-refractivity contribution >= 4 is 33.5 Å². The molecule has 0 bridgehead atoms. The van der Waals surface area contributed by atoms with E-state index in [-0.39, 0.29) is 42.8 Å². The van der Waals surface area contributed by atoms with E-state index in [0.29, 0.717) is 23.4 Å². The Morgan fingerprint density at radius 2 is 1.97 bits per heavy atom. The molecule has 0 aromatic carbocycles. The molecule has 0 amide bonds. The summed E-state index contributed by atoms with van der Waals surface area (Å²) in [5, 5.41) is 27.5. The van der Waals surface area contributed by atoms with Crippen LogP contribution in [0.15, 0.2) is 24.1 Å². The van der Waals surface area contributed by atoms with E-state index in [1.165, 1.54) is 19.2 Å². The van der Waals surface area contributed by atoms with Gasteiger partial charge in [-0.05, 0) is 24.0 Å². The van der Waals surface area contributed by atoms with Gasteiger partial charge in [0, 0.05) is 31.9 Å². The predicted octanol–water partition coefficient (Wildman–Crippen LogP) is 2.48. The van der Waals surface area contributed by atoms with Gasteiger partial charge in [-0.1, -0.05) is 32.1 Å². The molecule has 0 spiro atoms. The van der Waals surface area contributed by atoms with Crippen molar-refractivity contribution in [3.8, 4) is 0 Å². The van der Waals surface area contributed by atoms with Gasteiger partial charge >= 0.3 is 0 Å². The van der Waals surface area contributed by atoms with Gasteiger partial charge in [-0.3, -0.25) is 5.41 Å². The summed E-state index contributed by atoms with van der Waals surface area (Å²) in [4.78, 5) is 8.98. The molecular formula is C22H32FN5O4S. The highest BCUT2D eigenvalue weighted by Gasteiger charge is 2.24. The highest BCUT2D eigenvalue weighted by atomic mass is 32.2. The average molecular weight is 482 g/mol. The van der Waals surface area contributed by atoms with Crippen molar-refractivity contribution in [3.63, 3.8) is 0 Å². The maximum atomic E-state index is 13.6. The molecule has 33 heavy (non-hydrogen) atoms. The monoisotopic (exact) mass is 481 g/mol. The van der Waals surface area contributed by atoms with Crippen LogP contribution in [0, 0.1) is 5.41 Å². The van der Waals surface area contributed by atoms with E-state index in [1.807, 2.05) is 13.8 Å². The largest absolute Gasteiger partial charge is 0.393 e. The number of amidine groups is 1. The summed E-state index contributed by atoms with van der Waals surface area (Å²) in [5.41, 5.74) is 7.61. The molecule has 0 saturated carbocycles. The third-order valence-corrected chi connectivity index (χ3v) is 6.30. The third-order valence-electron chi connectivity index (χ3n) is 5.15. The molecule has 9 nitrogen and oxygen atoms in total. The van der Waals surface area contributed by atoms with Gasteiger partial charge in [-0.25, -0.2) is 27.1 Å². The molecule has 1 aromatic heterocycles. The molecule has 1 unspecified atom stereocenters. The van der Waals surface area contributed by atoms with Crippen LogP contribution in [0.4, 0.5) is 10.3 Å². The number of hydrogen-bond acceptors (Lipinski definition) is 7. The van der Waals surface area contributed by atoms with Crippen LogP contribution in [0.2, 0.25) is 0 Å². The van der Waals surface area contributed by atoms with Crippen LogP contribution >= 0.6 is 0 Å². The van der Waals surface area contributed by atoms with Gasteiger partial charge in [-0.2, -0.15) is 0 Å². The van der Waals surface area contributed by atoms with Crippen LogP contribution in [0.1, 0.15) is 62.4 Å². The lowest BCUT2D eigenvalue weighted by Gasteiger charge is -2.22. The minimum atomic E-state index is -3.61. The van der Waals surface area contributed by atoms with E-state index < -0.39 is 22.2 Å². The molecule has 0 saturated heterocycles. The lowest BCUT2D eigenvalue weighted by molar-refractivity contribution is 0.109. The number of allylic oxidation sites excluding steroid dienone is 4. The second-order valence-corrected chi connectivity index (χ2v) is 10.4. The van der Waals surface area contributed by atoms with Crippen molar-refractivity contribution in [1.82, 2.24) is 9.97 Å². The van der Waals surface area contributed by atoms with Crippen LogP contribution in [0.5, 0.6) is 0 Å². The molecule has 2 rings (SSSR count). The number of aromatic nitrogens is 2. The first kappa shape index (κ1) is 26.6. The summed E-state index contributed by atoms with van der Waals surface area (Å²) in [6.07, 6.45) is 5.66. The van der Waals surface area contributed by atoms with Gasteiger partial charge in [0.05, 0.1) is 35.7 Å². The number of aliphatic hydroxyl groups is 2. The fourth-order valence-corrected chi connectivity index (χ4v) is 3.70. The van der Waals surface area contributed by atoms with Crippen molar-refractivity contribution in [2.24, 2.45) is 5.73 Å². The third kappa shape index (κ3) is 7.44.